The van der Waals surface area contributed by atoms with Gasteiger partial charge in [-0.05, 0) is 72.9 Å². The lowest BCUT2D eigenvalue weighted by molar-refractivity contribution is -0.149. The predicted molar refractivity (Wildman–Crippen MR) is 269 cm³/mol. The lowest BCUT2D eigenvalue weighted by Crippen LogP contribution is -2.42. The number of aromatic nitrogens is 1. The van der Waals surface area contributed by atoms with E-state index in [1.165, 1.54) is 12.3 Å². The van der Waals surface area contributed by atoms with Crippen LogP contribution in [0.2, 0.25) is 0 Å². The van der Waals surface area contributed by atoms with Crippen LogP contribution in [0.15, 0.2) is 140 Å². The SMILES string of the molecule is NP(OCCCCNC(=O)CCC(NC(=O)CCCCCNC(=O)c1ccc(F)nc1)C(=O)OCc1ccccc1)OCc1ccccc1.O=C(CCCC(=O)OCc1ccccc1)OCc1ccccc1. The molecule has 0 radical (unpaired) electrons. The molecule has 0 spiro atoms. The first-order chi connectivity index (χ1) is 35.0. The first-order valence-electron chi connectivity index (χ1n) is 23.9. The standard InChI is InChI=1S/C35H45FN5O7P.C19H20O4/c36-31-19-17-29(24-40-31)34(44)39-22-9-3-8-16-33(43)41-30(35(45)46-25-27-12-4-1-5-13-27)18-20-32(42)38-21-10-11-23-47-49(37)48-26-28-14-6-2-7-15-28;20-18(22-14-16-8-3-1-4-9-16)12-7-13-19(21)23-15-17-10-5-2-6-11-17/h1-2,4-7,12-15,17,19,24,30H,3,8-11,16,18,20-23,25-26,37H2,(H,38,42)(H,39,44)(H,41,43);1-6,8-11H,7,12-15H2. The zero-order valence-electron chi connectivity index (χ0n) is 40.4. The maximum absolute atomic E-state index is 12.9. The number of rotatable bonds is 31. The second-order valence-electron chi connectivity index (χ2n) is 16.3. The lowest BCUT2D eigenvalue weighted by Gasteiger charge is -2.18. The van der Waals surface area contributed by atoms with Crippen LogP contribution < -0.4 is 21.5 Å². The molecule has 0 saturated carbocycles. The second kappa shape index (κ2) is 35.2. The number of hydrogen-bond donors (Lipinski definition) is 4. The molecule has 0 aliphatic heterocycles. The average molecular weight is 1010 g/mol. The number of amides is 3. The van der Waals surface area contributed by atoms with E-state index in [9.17, 15) is 33.2 Å². The molecule has 5 aromatic rings. The summed E-state index contributed by atoms with van der Waals surface area (Å²) in [5.74, 6) is -2.82. The van der Waals surface area contributed by atoms with Crippen LogP contribution in [0.1, 0.15) is 103 Å². The fraction of sp³-hybridized carbons (Fsp3) is 0.352. The average Bonchev–Trinajstić information content (AvgIpc) is 3.40. The molecule has 0 fully saturated rings. The number of nitrogens with one attached hydrogen (secondary N) is 3. The van der Waals surface area contributed by atoms with Gasteiger partial charge in [0.1, 0.15) is 25.9 Å². The molecule has 18 heteroatoms. The number of ether oxygens (including phenoxy) is 3. The minimum atomic E-state index is -1.49. The summed E-state index contributed by atoms with van der Waals surface area (Å²) in [6.07, 6.45) is 5.43. The minimum Gasteiger partial charge on any atom is -0.461 e. The van der Waals surface area contributed by atoms with E-state index in [4.69, 9.17) is 28.8 Å². The molecule has 0 saturated heterocycles. The number of unbranched alkanes of at least 4 members (excludes halogenated alkanes) is 3. The molecule has 0 bridgehead atoms. The van der Waals surface area contributed by atoms with Crippen LogP contribution >= 0.6 is 8.53 Å². The highest BCUT2D eigenvalue weighted by Crippen LogP contribution is 2.30. The fourth-order valence-electron chi connectivity index (χ4n) is 6.47. The maximum Gasteiger partial charge on any atom is 0.328 e. The van der Waals surface area contributed by atoms with Gasteiger partial charge in [0, 0.05) is 45.0 Å². The van der Waals surface area contributed by atoms with Crippen molar-refractivity contribution in [3.63, 3.8) is 0 Å². The van der Waals surface area contributed by atoms with Crippen molar-refractivity contribution in [2.24, 2.45) is 5.50 Å². The van der Waals surface area contributed by atoms with Gasteiger partial charge >= 0.3 is 17.9 Å². The Morgan fingerprint density at radius 2 is 1.04 bits per heavy atom. The van der Waals surface area contributed by atoms with Crippen molar-refractivity contribution in [2.75, 3.05) is 19.7 Å². The Bertz CT molecular complexity index is 2280. The van der Waals surface area contributed by atoms with E-state index in [1.807, 2.05) is 121 Å². The van der Waals surface area contributed by atoms with E-state index < -0.39 is 26.5 Å². The number of halogens is 1. The van der Waals surface area contributed by atoms with Crippen molar-refractivity contribution < 1.29 is 56.4 Å². The van der Waals surface area contributed by atoms with Gasteiger partial charge in [-0.3, -0.25) is 29.5 Å². The smallest absolute Gasteiger partial charge is 0.328 e. The van der Waals surface area contributed by atoms with E-state index in [1.54, 1.807) is 0 Å². The van der Waals surface area contributed by atoms with E-state index in [2.05, 4.69) is 20.9 Å². The Balaban J connectivity index is 0.000000406. The Labute approximate surface area is 421 Å². The van der Waals surface area contributed by atoms with Gasteiger partial charge in [0.05, 0.1) is 18.8 Å². The highest BCUT2D eigenvalue weighted by atomic mass is 31.2. The predicted octanol–water partition coefficient (Wildman–Crippen LogP) is 8.48. The lowest BCUT2D eigenvalue weighted by atomic mass is 10.1. The van der Waals surface area contributed by atoms with Crippen molar-refractivity contribution in [3.8, 4) is 0 Å². The van der Waals surface area contributed by atoms with Crippen LogP contribution in [0.5, 0.6) is 0 Å². The van der Waals surface area contributed by atoms with Crippen molar-refractivity contribution in [2.45, 2.75) is 103 Å². The number of nitrogens with zero attached hydrogens (tertiary/aromatic N) is 1. The molecule has 0 aliphatic rings. The van der Waals surface area contributed by atoms with Gasteiger partial charge < -0.3 is 39.2 Å². The Morgan fingerprint density at radius 1 is 0.528 bits per heavy atom. The maximum atomic E-state index is 12.9. The molecule has 0 aliphatic carbocycles. The van der Waals surface area contributed by atoms with Gasteiger partial charge in [-0.1, -0.05) is 128 Å². The molecule has 5 N–H and O–H groups in total. The fourth-order valence-corrected chi connectivity index (χ4v) is 7.13. The number of benzene rings is 4. The number of nitrogens with two attached hydrogens (primary N) is 1. The number of pyridine rings is 1. The molecule has 5 rings (SSSR count). The molecule has 72 heavy (non-hydrogen) atoms. The van der Waals surface area contributed by atoms with E-state index in [0.717, 1.165) is 28.3 Å². The summed E-state index contributed by atoms with van der Waals surface area (Å²) < 4.78 is 39.8. The van der Waals surface area contributed by atoms with E-state index in [-0.39, 0.29) is 87.1 Å². The molecule has 3 amide bonds. The van der Waals surface area contributed by atoms with Crippen molar-refractivity contribution >= 4 is 44.2 Å². The first kappa shape index (κ1) is 57.7. The summed E-state index contributed by atoms with van der Waals surface area (Å²) >= 11 is 0. The van der Waals surface area contributed by atoms with Gasteiger partial charge in [-0.15, -0.1) is 0 Å². The quantitative estimate of drug-likeness (QED) is 0.0108. The topological polar surface area (TPSA) is 224 Å². The summed E-state index contributed by atoms with van der Waals surface area (Å²) in [6.45, 7) is 2.15. The van der Waals surface area contributed by atoms with E-state index in [0.29, 0.717) is 64.8 Å². The number of esters is 3. The van der Waals surface area contributed by atoms with Crippen LogP contribution in [-0.4, -0.2) is 66.4 Å². The third-order valence-corrected chi connectivity index (χ3v) is 11.2. The zero-order chi connectivity index (χ0) is 51.4. The molecular formula is C54H65FN5O11P. The summed E-state index contributed by atoms with van der Waals surface area (Å²) in [4.78, 5) is 76.9. The van der Waals surface area contributed by atoms with Gasteiger partial charge in [0.15, 0.2) is 0 Å². The number of carbonyl (C=O) groups excluding carboxylic acids is 6. The summed E-state index contributed by atoms with van der Waals surface area (Å²) in [7, 11) is -1.49. The molecule has 2 unspecified atom stereocenters. The Kier molecular flexibility index (Phi) is 28.2. The molecule has 16 nitrogen and oxygen atoms in total. The molecule has 1 aromatic heterocycles. The molecule has 1 heterocycles. The van der Waals surface area contributed by atoms with Crippen LogP contribution in [0.4, 0.5) is 4.39 Å². The summed E-state index contributed by atoms with van der Waals surface area (Å²) in [5, 5.41) is 8.28. The largest absolute Gasteiger partial charge is 0.461 e. The molecular weight excluding hydrogens is 945 g/mol. The normalized spacial score (nSPS) is 11.4. The van der Waals surface area contributed by atoms with Crippen LogP contribution in [-0.2, 0) is 73.7 Å². The monoisotopic (exact) mass is 1010 g/mol. The Morgan fingerprint density at radius 3 is 1.58 bits per heavy atom. The number of carbonyl (C=O) groups is 6. The molecule has 2 atom stereocenters. The minimum absolute atomic E-state index is 0.0204. The summed E-state index contributed by atoms with van der Waals surface area (Å²) in [5.41, 5.74) is 9.87. The number of hydrogen-bond acceptors (Lipinski definition) is 13. The zero-order valence-corrected chi connectivity index (χ0v) is 41.3. The molecule has 384 valence electrons. The van der Waals surface area contributed by atoms with Gasteiger partial charge in [0.2, 0.25) is 17.8 Å². The third kappa shape index (κ3) is 26.3. The van der Waals surface area contributed by atoms with Crippen molar-refractivity contribution in [1.82, 2.24) is 20.9 Å². The van der Waals surface area contributed by atoms with Crippen molar-refractivity contribution in [1.29, 1.82) is 0 Å². The van der Waals surface area contributed by atoms with Gasteiger partial charge in [-0.25, -0.2) is 9.78 Å². The Hall–Kier alpha value is -6.91. The van der Waals surface area contributed by atoms with Gasteiger partial charge in [-0.2, -0.15) is 4.39 Å². The van der Waals surface area contributed by atoms with Crippen LogP contribution in [0.25, 0.3) is 0 Å². The van der Waals surface area contributed by atoms with Gasteiger partial charge in [0.25, 0.3) is 14.4 Å². The highest BCUT2D eigenvalue weighted by molar-refractivity contribution is 7.44. The van der Waals surface area contributed by atoms with Crippen molar-refractivity contribution in [3.05, 3.63) is 173 Å². The summed E-state index contributed by atoms with van der Waals surface area (Å²) in [6, 6.07) is 39.3. The van der Waals surface area contributed by atoms with E-state index >= 15 is 0 Å². The van der Waals surface area contributed by atoms with Crippen LogP contribution in [0.3, 0.4) is 0 Å². The second-order valence-corrected chi connectivity index (χ2v) is 17.4. The third-order valence-electron chi connectivity index (χ3n) is 10.4. The highest BCUT2D eigenvalue weighted by Gasteiger charge is 2.23. The first-order valence-corrected chi connectivity index (χ1v) is 25.2. The van der Waals surface area contributed by atoms with Crippen LogP contribution in [0, 0.1) is 5.95 Å². The molecule has 4 aromatic carbocycles.